The maximum atomic E-state index is 10.9. The topological polar surface area (TPSA) is 62.2 Å². The number of fused-ring (bicyclic) bond motifs is 1. The number of nitrogens with zero attached hydrogens (tertiary/aromatic N) is 1. The van der Waals surface area contributed by atoms with Crippen molar-refractivity contribution >= 4 is 22.4 Å². The molecule has 3 rings (SSSR count). The molecule has 0 amide bonds. The molecule has 1 aromatic carbocycles. The number of rotatable bonds is 2. The fourth-order valence-corrected chi connectivity index (χ4v) is 2.12. The minimum Gasteiger partial charge on any atom is -0.480 e. The van der Waals surface area contributed by atoms with Crippen molar-refractivity contribution in [1.29, 1.82) is 0 Å². The van der Waals surface area contributed by atoms with Crippen molar-refractivity contribution in [2.45, 2.75) is 12.5 Å². The van der Waals surface area contributed by atoms with Crippen molar-refractivity contribution in [3.8, 4) is 0 Å². The molecule has 0 saturated heterocycles. The molecule has 18 heavy (non-hydrogen) atoms. The highest BCUT2D eigenvalue weighted by molar-refractivity contribution is 5.83. The van der Waals surface area contributed by atoms with E-state index in [0.29, 0.717) is 6.42 Å². The first-order valence-electron chi connectivity index (χ1n) is 5.78. The highest BCUT2D eigenvalue weighted by Crippen LogP contribution is 2.24. The van der Waals surface area contributed by atoms with Gasteiger partial charge in [0.1, 0.15) is 6.04 Å². The summed E-state index contributed by atoms with van der Waals surface area (Å²) in [6, 6.07) is 11.3. The molecule has 1 aliphatic heterocycles. The monoisotopic (exact) mass is 240 g/mol. The summed E-state index contributed by atoms with van der Waals surface area (Å²) in [7, 11) is 0. The van der Waals surface area contributed by atoms with Gasteiger partial charge < -0.3 is 10.4 Å². The second-order valence-corrected chi connectivity index (χ2v) is 4.32. The smallest absolute Gasteiger partial charge is 0.326 e. The number of hydrogen-bond donors (Lipinski definition) is 2. The van der Waals surface area contributed by atoms with Crippen molar-refractivity contribution in [2.75, 3.05) is 0 Å². The lowest BCUT2D eigenvalue weighted by Crippen LogP contribution is -2.28. The summed E-state index contributed by atoms with van der Waals surface area (Å²) >= 11 is 0. The second-order valence-electron chi connectivity index (χ2n) is 4.32. The van der Waals surface area contributed by atoms with Crippen LogP contribution in [0.15, 0.2) is 42.6 Å². The molecular formula is C14H12N2O2. The van der Waals surface area contributed by atoms with Crippen molar-refractivity contribution in [2.24, 2.45) is 0 Å². The van der Waals surface area contributed by atoms with E-state index in [-0.39, 0.29) is 0 Å². The number of carbonyl (C=O) groups is 1. The van der Waals surface area contributed by atoms with Crippen molar-refractivity contribution in [3.63, 3.8) is 0 Å². The molecule has 0 saturated carbocycles. The van der Waals surface area contributed by atoms with Gasteiger partial charge in [0.15, 0.2) is 0 Å². The normalized spacial score (nSPS) is 18.4. The van der Waals surface area contributed by atoms with Crippen LogP contribution in [0.3, 0.4) is 0 Å². The maximum Gasteiger partial charge on any atom is 0.326 e. The van der Waals surface area contributed by atoms with Gasteiger partial charge in [-0.15, -0.1) is 0 Å². The van der Waals surface area contributed by atoms with E-state index in [0.717, 1.165) is 22.2 Å². The van der Waals surface area contributed by atoms with Crippen molar-refractivity contribution in [1.82, 2.24) is 10.3 Å². The van der Waals surface area contributed by atoms with E-state index in [2.05, 4.69) is 10.3 Å². The fraction of sp³-hybridized carbons (Fsp3) is 0.143. The number of para-hydroxylation sites is 1. The molecule has 0 fully saturated rings. The van der Waals surface area contributed by atoms with Crippen LogP contribution in [0.4, 0.5) is 0 Å². The number of carboxylic acids is 1. The lowest BCUT2D eigenvalue weighted by molar-refractivity contribution is -0.138. The summed E-state index contributed by atoms with van der Waals surface area (Å²) < 4.78 is 0. The molecule has 1 aromatic heterocycles. The number of aromatic nitrogens is 1. The third kappa shape index (κ3) is 1.82. The summed E-state index contributed by atoms with van der Waals surface area (Å²) in [4.78, 5) is 15.4. The molecular weight excluding hydrogens is 228 g/mol. The molecule has 0 spiro atoms. The van der Waals surface area contributed by atoms with Crippen LogP contribution in [-0.4, -0.2) is 22.1 Å². The fourth-order valence-electron chi connectivity index (χ4n) is 2.12. The van der Waals surface area contributed by atoms with E-state index < -0.39 is 12.0 Å². The summed E-state index contributed by atoms with van der Waals surface area (Å²) in [5.41, 5.74) is 2.70. The Kier molecular flexibility index (Phi) is 2.48. The molecule has 2 heterocycles. The first kappa shape index (κ1) is 10.8. The van der Waals surface area contributed by atoms with Crippen LogP contribution >= 0.6 is 0 Å². The summed E-state index contributed by atoms with van der Waals surface area (Å²) in [6.45, 7) is 0. The van der Waals surface area contributed by atoms with Gasteiger partial charge in [0.25, 0.3) is 0 Å². The lowest BCUT2D eigenvalue weighted by Gasteiger charge is -2.05. The Morgan fingerprint density at radius 1 is 1.28 bits per heavy atom. The highest BCUT2D eigenvalue weighted by Gasteiger charge is 2.24. The predicted octanol–water partition coefficient (Wildman–Crippen LogP) is 2.02. The minimum atomic E-state index is -0.831. The number of hydrogen-bond acceptors (Lipinski definition) is 3. The first-order chi connectivity index (χ1) is 8.74. The third-order valence-electron chi connectivity index (χ3n) is 3.11. The number of aliphatic carboxylic acids is 1. The van der Waals surface area contributed by atoms with E-state index >= 15 is 0 Å². The van der Waals surface area contributed by atoms with Gasteiger partial charge in [0.05, 0.1) is 11.2 Å². The van der Waals surface area contributed by atoms with Crippen LogP contribution in [0.2, 0.25) is 0 Å². The molecule has 4 heteroatoms. The molecule has 1 aliphatic rings. The third-order valence-corrected chi connectivity index (χ3v) is 3.11. The van der Waals surface area contributed by atoms with Crippen molar-refractivity contribution < 1.29 is 9.90 Å². The molecule has 90 valence electrons. The Morgan fingerprint density at radius 3 is 2.89 bits per heavy atom. The molecule has 0 aliphatic carbocycles. The molecule has 2 N–H and O–H groups in total. The van der Waals surface area contributed by atoms with Crippen LogP contribution in [0.25, 0.3) is 16.5 Å². The molecule has 2 aromatic rings. The zero-order chi connectivity index (χ0) is 12.5. The zero-order valence-corrected chi connectivity index (χ0v) is 9.63. The number of pyridine rings is 1. The summed E-state index contributed by atoms with van der Waals surface area (Å²) in [5.74, 6) is -0.831. The Balaban J connectivity index is 1.94. The Hall–Kier alpha value is -2.36. The molecule has 0 radical (unpaired) electrons. The largest absolute Gasteiger partial charge is 0.480 e. The van der Waals surface area contributed by atoms with E-state index in [4.69, 9.17) is 5.11 Å². The van der Waals surface area contributed by atoms with Gasteiger partial charge >= 0.3 is 5.97 Å². The second kappa shape index (κ2) is 4.14. The average Bonchev–Trinajstić information content (AvgIpc) is 2.88. The zero-order valence-electron chi connectivity index (χ0n) is 9.63. The summed E-state index contributed by atoms with van der Waals surface area (Å²) in [5, 5.41) is 12.9. The van der Waals surface area contributed by atoms with Gasteiger partial charge in [-0.3, -0.25) is 0 Å². The highest BCUT2D eigenvalue weighted by atomic mass is 16.4. The predicted molar refractivity (Wildman–Crippen MR) is 68.9 cm³/mol. The van der Waals surface area contributed by atoms with Gasteiger partial charge in [0.2, 0.25) is 0 Å². The number of benzene rings is 1. The number of nitrogens with one attached hydrogen (secondary N) is 1. The SMILES string of the molecule is O=C(O)C1CC(c2ccc3ccccc3n2)=CN1. The van der Waals surface area contributed by atoms with Crippen LogP contribution in [-0.2, 0) is 4.79 Å². The Morgan fingerprint density at radius 2 is 2.11 bits per heavy atom. The molecule has 4 nitrogen and oxygen atoms in total. The number of carboxylic acid groups (broad SMARTS) is 1. The average molecular weight is 240 g/mol. The lowest BCUT2D eigenvalue weighted by atomic mass is 10.1. The van der Waals surface area contributed by atoms with Crippen molar-refractivity contribution in [3.05, 3.63) is 48.3 Å². The van der Waals surface area contributed by atoms with E-state index in [1.807, 2.05) is 36.4 Å². The van der Waals surface area contributed by atoms with Gasteiger partial charge in [-0.05, 0) is 17.7 Å². The summed E-state index contributed by atoms with van der Waals surface area (Å²) in [6.07, 6.45) is 2.22. The molecule has 1 unspecified atom stereocenters. The Labute approximate surface area is 104 Å². The maximum absolute atomic E-state index is 10.9. The van der Waals surface area contributed by atoms with Gasteiger partial charge in [-0.1, -0.05) is 24.3 Å². The standard InChI is InChI=1S/C14H12N2O2/c17-14(18)13-7-10(8-15-13)12-6-5-9-3-1-2-4-11(9)16-12/h1-6,8,13,15H,7H2,(H,17,18). The van der Waals surface area contributed by atoms with Crippen LogP contribution in [0, 0.1) is 0 Å². The molecule has 1 atom stereocenters. The van der Waals surface area contributed by atoms with Crippen LogP contribution in [0.1, 0.15) is 12.1 Å². The Bertz CT molecular complexity index is 649. The van der Waals surface area contributed by atoms with E-state index in [1.54, 1.807) is 6.20 Å². The van der Waals surface area contributed by atoms with Crippen LogP contribution < -0.4 is 5.32 Å². The van der Waals surface area contributed by atoms with Gasteiger partial charge in [-0.2, -0.15) is 0 Å². The quantitative estimate of drug-likeness (QED) is 0.843. The van der Waals surface area contributed by atoms with E-state index in [1.165, 1.54) is 0 Å². The van der Waals surface area contributed by atoms with Gasteiger partial charge in [0, 0.05) is 18.0 Å². The van der Waals surface area contributed by atoms with Crippen LogP contribution in [0.5, 0.6) is 0 Å². The molecule has 0 bridgehead atoms. The minimum absolute atomic E-state index is 0.473. The first-order valence-corrected chi connectivity index (χ1v) is 5.78. The van der Waals surface area contributed by atoms with E-state index in [9.17, 15) is 4.79 Å². The van der Waals surface area contributed by atoms with Gasteiger partial charge in [-0.25, -0.2) is 9.78 Å².